The van der Waals surface area contributed by atoms with E-state index in [9.17, 15) is 14.4 Å². The minimum atomic E-state index is -0.00813. The second-order valence-corrected chi connectivity index (χ2v) is 8.48. The molecule has 0 aliphatic rings. The van der Waals surface area contributed by atoms with Gasteiger partial charge in [-0.2, -0.15) is 0 Å². The van der Waals surface area contributed by atoms with Crippen LogP contribution >= 0.6 is 0 Å². The van der Waals surface area contributed by atoms with Crippen LogP contribution in [0.4, 0.5) is 0 Å². The van der Waals surface area contributed by atoms with Crippen molar-refractivity contribution < 1.29 is 38.1 Å². The van der Waals surface area contributed by atoms with Gasteiger partial charge >= 0.3 is 0 Å². The Hall–Kier alpha value is -1.59. The van der Waals surface area contributed by atoms with Crippen molar-refractivity contribution in [2.24, 2.45) is 0 Å². The van der Waals surface area contributed by atoms with Crippen molar-refractivity contribution in [1.82, 2.24) is 10.2 Å². The van der Waals surface area contributed by atoms with Gasteiger partial charge in [-0.15, -0.1) is 0 Å². The first kappa shape index (κ1) is 34.4. The number of nitrogens with zero attached hydrogens (tertiary/aromatic N) is 1. The average Bonchev–Trinajstić information content (AvgIpc) is 2.84. The molecule has 0 aromatic rings. The Morgan fingerprint density at radius 2 is 1.19 bits per heavy atom. The van der Waals surface area contributed by atoms with Gasteiger partial charge in [-0.25, -0.2) is 0 Å². The summed E-state index contributed by atoms with van der Waals surface area (Å²) < 4.78 is 27.2. The molecule has 0 radical (unpaired) electrons. The number of ketones is 1. The Morgan fingerprint density at radius 1 is 0.611 bits per heavy atom. The van der Waals surface area contributed by atoms with Gasteiger partial charge in [-0.05, 0) is 33.1 Å². The van der Waals surface area contributed by atoms with Crippen molar-refractivity contribution >= 4 is 17.6 Å². The van der Waals surface area contributed by atoms with Gasteiger partial charge in [0.25, 0.3) is 0 Å². The van der Waals surface area contributed by atoms with E-state index in [-0.39, 0.29) is 17.6 Å². The van der Waals surface area contributed by atoms with Crippen molar-refractivity contribution in [1.29, 1.82) is 0 Å². The summed E-state index contributed by atoms with van der Waals surface area (Å²) in [5, 5.41) is 2.80. The summed E-state index contributed by atoms with van der Waals surface area (Å²) in [5.41, 5.74) is 0. The van der Waals surface area contributed by atoms with Gasteiger partial charge in [0.05, 0.1) is 59.3 Å². The lowest BCUT2D eigenvalue weighted by Gasteiger charge is -2.23. The quantitative estimate of drug-likeness (QED) is 0.165. The Labute approximate surface area is 217 Å². The molecule has 10 heteroatoms. The minimum Gasteiger partial charge on any atom is -0.380 e. The first-order valence-electron chi connectivity index (χ1n) is 13.4. The van der Waals surface area contributed by atoms with E-state index in [4.69, 9.17) is 23.7 Å². The van der Waals surface area contributed by atoms with Crippen LogP contribution in [-0.4, -0.2) is 108 Å². The van der Waals surface area contributed by atoms with E-state index in [2.05, 4.69) is 5.32 Å². The summed E-state index contributed by atoms with van der Waals surface area (Å²) >= 11 is 0. The van der Waals surface area contributed by atoms with E-state index in [1.807, 2.05) is 11.8 Å². The Balaban J connectivity index is 4.02. The number of hydrogen-bond donors (Lipinski definition) is 1. The molecule has 0 unspecified atom stereocenters. The van der Waals surface area contributed by atoms with E-state index >= 15 is 0 Å². The number of unbranched alkanes of at least 4 members (excludes halogenated alkanes) is 3. The number of nitrogens with one attached hydrogen (secondary N) is 1. The number of hydrogen-bond acceptors (Lipinski definition) is 8. The van der Waals surface area contributed by atoms with Crippen LogP contribution < -0.4 is 5.32 Å². The van der Waals surface area contributed by atoms with Crippen LogP contribution in [0.25, 0.3) is 0 Å². The van der Waals surface area contributed by atoms with Crippen LogP contribution in [0.5, 0.6) is 0 Å². The van der Waals surface area contributed by atoms with Crippen LogP contribution in [0, 0.1) is 0 Å². The number of ether oxygens (including phenoxy) is 5. The third kappa shape index (κ3) is 25.5. The molecule has 0 saturated carbocycles. The minimum absolute atomic E-state index is 0.00813. The number of Topliss-reactive ketones (excluding diaryl/α,β-unsaturated/α-hetero) is 1. The van der Waals surface area contributed by atoms with Gasteiger partial charge in [-0.1, -0.05) is 12.8 Å². The molecule has 0 bridgehead atoms. The molecular formula is C26H50N2O8. The molecule has 0 atom stereocenters. The van der Waals surface area contributed by atoms with Crippen molar-refractivity contribution in [3.63, 3.8) is 0 Å². The maximum atomic E-state index is 12.7. The average molecular weight is 519 g/mol. The number of carbonyl (C=O) groups excluding carboxylic acids is 3. The molecule has 0 heterocycles. The molecule has 0 saturated heterocycles. The fourth-order valence-corrected chi connectivity index (χ4v) is 3.23. The Kier molecular flexibility index (Phi) is 25.3. The lowest BCUT2D eigenvalue weighted by Crippen LogP contribution is -2.35. The highest BCUT2D eigenvalue weighted by Crippen LogP contribution is 2.04. The monoisotopic (exact) mass is 518 g/mol. The maximum absolute atomic E-state index is 12.7. The molecule has 0 aliphatic heterocycles. The highest BCUT2D eigenvalue weighted by Gasteiger charge is 2.13. The second-order valence-electron chi connectivity index (χ2n) is 8.48. The van der Waals surface area contributed by atoms with Gasteiger partial charge in [-0.3, -0.25) is 9.59 Å². The van der Waals surface area contributed by atoms with Crippen LogP contribution in [0.15, 0.2) is 0 Å². The largest absolute Gasteiger partial charge is 0.380 e. The molecular weight excluding hydrogens is 468 g/mol. The number of carbonyl (C=O) groups is 3. The summed E-state index contributed by atoms with van der Waals surface area (Å²) in [5.74, 6) is 0.195. The van der Waals surface area contributed by atoms with E-state index < -0.39 is 0 Å². The van der Waals surface area contributed by atoms with Gasteiger partial charge in [0.1, 0.15) is 5.78 Å². The fraction of sp³-hybridized carbons (Fsp3) is 0.885. The molecule has 0 spiro atoms. The van der Waals surface area contributed by atoms with Crippen molar-refractivity contribution in [3.8, 4) is 0 Å². The predicted octanol–water partition coefficient (Wildman–Crippen LogP) is 2.37. The first-order valence-corrected chi connectivity index (χ1v) is 13.4. The molecule has 0 fully saturated rings. The molecule has 36 heavy (non-hydrogen) atoms. The number of amides is 2. The van der Waals surface area contributed by atoms with Gasteiger partial charge in [0, 0.05) is 46.2 Å². The van der Waals surface area contributed by atoms with E-state index in [1.165, 1.54) is 6.92 Å². The summed E-state index contributed by atoms with van der Waals surface area (Å²) in [6.45, 7) is 12.0. The van der Waals surface area contributed by atoms with Crippen LogP contribution in [-0.2, 0) is 38.1 Å². The van der Waals surface area contributed by atoms with Gasteiger partial charge < -0.3 is 38.7 Å². The lowest BCUT2D eigenvalue weighted by molar-refractivity contribution is -0.133. The molecule has 0 aromatic carbocycles. The predicted molar refractivity (Wildman–Crippen MR) is 138 cm³/mol. The van der Waals surface area contributed by atoms with Crippen molar-refractivity contribution in [3.05, 3.63) is 0 Å². The highest BCUT2D eigenvalue weighted by atomic mass is 16.6. The topological polar surface area (TPSA) is 113 Å². The first-order chi connectivity index (χ1) is 17.5. The van der Waals surface area contributed by atoms with Crippen LogP contribution in [0.3, 0.4) is 0 Å². The molecule has 1 N–H and O–H groups in total. The molecule has 10 nitrogen and oxygen atoms in total. The van der Waals surface area contributed by atoms with Gasteiger partial charge in [0.2, 0.25) is 11.8 Å². The molecule has 0 aliphatic carbocycles. The Morgan fingerprint density at radius 3 is 1.81 bits per heavy atom. The maximum Gasteiger partial charge on any atom is 0.224 e. The van der Waals surface area contributed by atoms with Crippen molar-refractivity contribution in [2.75, 3.05) is 85.7 Å². The smallest absolute Gasteiger partial charge is 0.224 e. The van der Waals surface area contributed by atoms with E-state index in [1.54, 1.807) is 6.92 Å². The summed E-state index contributed by atoms with van der Waals surface area (Å²) in [6, 6.07) is 0. The zero-order chi connectivity index (χ0) is 26.7. The zero-order valence-electron chi connectivity index (χ0n) is 22.9. The fourth-order valence-electron chi connectivity index (χ4n) is 3.23. The van der Waals surface area contributed by atoms with Crippen molar-refractivity contribution in [2.45, 2.75) is 65.7 Å². The number of rotatable bonds is 27. The molecule has 0 rings (SSSR count). The zero-order valence-corrected chi connectivity index (χ0v) is 22.9. The van der Waals surface area contributed by atoms with Crippen LogP contribution in [0.1, 0.15) is 65.7 Å². The highest BCUT2D eigenvalue weighted by molar-refractivity contribution is 5.76. The normalized spacial score (nSPS) is 11.0. The molecule has 2 amide bonds. The van der Waals surface area contributed by atoms with Gasteiger partial charge in [0.15, 0.2) is 0 Å². The van der Waals surface area contributed by atoms with E-state index in [0.29, 0.717) is 105 Å². The summed E-state index contributed by atoms with van der Waals surface area (Å²) in [6.07, 6.45) is 5.36. The Bertz CT molecular complexity index is 548. The molecule has 0 aromatic heterocycles. The molecule has 212 valence electrons. The summed E-state index contributed by atoms with van der Waals surface area (Å²) in [4.78, 5) is 36.5. The van der Waals surface area contributed by atoms with E-state index in [0.717, 1.165) is 25.7 Å². The third-order valence-electron chi connectivity index (χ3n) is 5.18. The van der Waals surface area contributed by atoms with Crippen LogP contribution in [0.2, 0.25) is 0 Å². The SMILES string of the molecule is CCOCCOCCOCCOCCC(=O)N(CCCCCCNC(C)=O)CCOCCCC(C)=O. The lowest BCUT2D eigenvalue weighted by atomic mass is 10.2. The summed E-state index contributed by atoms with van der Waals surface area (Å²) in [7, 11) is 0. The standard InChI is InChI=1S/C26H50N2O8/c1-4-32-18-19-35-22-23-36-21-20-34-16-11-26(31)28(14-17-33-15-9-10-24(2)29)13-8-6-5-7-12-27-25(3)30/h4-23H2,1-3H3,(H,27,30). The second kappa shape index (κ2) is 26.5. The third-order valence-corrected chi connectivity index (χ3v) is 5.18.